The molecular formula is C10H13N3O2. The number of hydrogen-bond donors (Lipinski definition) is 1. The molecule has 0 saturated heterocycles. The van der Waals surface area contributed by atoms with E-state index in [2.05, 4.69) is 15.5 Å². The lowest BCUT2D eigenvalue weighted by Crippen LogP contribution is -2.16. The first kappa shape index (κ1) is 9.92. The minimum Gasteiger partial charge on any atom is -0.469 e. The van der Waals surface area contributed by atoms with Gasteiger partial charge in [-0.2, -0.15) is 0 Å². The normalized spacial score (nSPS) is 10.7. The van der Waals surface area contributed by atoms with Gasteiger partial charge < -0.3 is 14.2 Å². The van der Waals surface area contributed by atoms with Gasteiger partial charge in [-0.3, -0.25) is 0 Å². The third-order valence-corrected chi connectivity index (χ3v) is 1.97. The lowest BCUT2D eigenvalue weighted by molar-refractivity contribution is 0.441. The second kappa shape index (κ2) is 4.75. The van der Waals surface area contributed by atoms with Crippen LogP contribution in [0.3, 0.4) is 0 Å². The molecule has 0 aliphatic heterocycles. The van der Waals surface area contributed by atoms with Gasteiger partial charge in [0.15, 0.2) is 0 Å². The lowest BCUT2D eigenvalue weighted by atomic mass is 10.3. The molecule has 0 bridgehead atoms. The first-order chi connectivity index (χ1) is 7.34. The van der Waals surface area contributed by atoms with Crippen LogP contribution in [-0.2, 0) is 13.0 Å². The lowest BCUT2D eigenvalue weighted by Gasteiger charge is -1.98. The summed E-state index contributed by atoms with van der Waals surface area (Å²) in [7, 11) is 0. The quantitative estimate of drug-likeness (QED) is 0.749. The van der Waals surface area contributed by atoms with E-state index in [1.165, 1.54) is 0 Å². The number of furan rings is 1. The Balaban J connectivity index is 1.67. The first-order valence-corrected chi connectivity index (χ1v) is 4.86. The van der Waals surface area contributed by atoms with Crippen molar-refractivity contribution in [2.45, 2.75) is 19.9 Å². The van der Waals surface area contributed by atoms with Crippen LogP contribution in [-0.4, -0.2) is 16.7 Å². The highest BCUT2D eigenvalue weighted by molar-refractivity contribution is 4.98. The maximum absolute atomic E-state index is 5.21. The first-order valence-electron chi connectivity index (χ1n) is 4.86. The van der Waals surface area contributed by atoms with Crippen molar-refractivity contribution < 1.29 is 8.83 Å². The zero-order valence-electron chi connectivity index (χ0n) is 8.56. The average Bonchev–Trinajstić information content (AvgIpc) is 2.84. The topological polar surface area (TPSA) is 64.1 Å². The van der Waals surface area contributed by atoms with Crippen molar-refractivity contribution >= 4 is 0 Å². The molecule has 0 fully saturated rings. The Kier molecular flexibility index (Phi) is 3.14. The van der Waals surface area contributed by atoms with Crippen LogP contribution in [0.15, 0.2) is 27.2 Å². The summed E-state index contributed by atoms with van der Waals surface area (Å²) in [6, 6.07) is 3.84. The van der Waals surface area contributed by atoms with Gasteiger partial charge in [0.2, 0.25) is 11.8 Å². The van der Waals surface area contributed by atoms with Crippen LogP contribution < -0.4 is 5.32 Å². The van der Waals surface area contributed by atoms with Crippen LogP contribution in [0.4, 0.5) is 0 Å². The number of hydrogen-bond acceptors (Lipinski definition) is 5. The van der Waals surface area contributed by atoms with Crippen molar-refractivity contribution in [2.24, 2.45) is 0 Å². The van der Waals surface area contributed by atoms with E-state index in [1.54, 1.807) is 13.2 Å². The second-order valence-electron chi connectivity index (χ2n) is 3.22. The third-order valence-electron chi connectivity index (χ3n) is 1.97. The molecule has 2 heterocycles. The standard InChI is InChI=1S/C10H13N3O2/c1-8-12-13-10(15-8)7-11-5-4-9-3-2-6-14-9/h2-3,6,11H,4-5,7H2,1H3. The molecule has 2 aromatic heterocycles. The monoisotopic (exact) mass is 207 g/mol. The van der Waals surface area contributed by atoms with Gasteiger partial charge in [0, 0.05) is 19.9 Å². The summed E-state index contributed by atoms with van der Waals surface area (Å²) in [5.74, 6) is 2.19. The van der Waals surface area contributed by atoms with E-state index in [4.69, 9.17) is 8.83 Å². The third kappa shape index (κ3) is 2.92. The van der Waals surface area contributed by atoms with E-state index >= 15 is 0 Å². The highest BCUT2D eigenvalue weighted by atomic mass is 16.4. The molecule has 5 heteroatoms. The molecule has 2 rings (SSSR count). The molecule has 0 spiro atoms. The molecule has 2 aromatic rings. The second-order valence-corrected chi connectivity index (χ2v) is 3.22. The van der Waals surface area contributed by atoms with Crippen molar-refractivity contribution in [1.29, 1.82) is 0 Å². The predicted octanol–water partition coefficient (Wildman–Crippen LogP) is 1.30. The Morgan fingerprint density at radius 2 is 2.33 bits per heavy atom. The fourth-order valence-electron chi connectivity index (χ4n) is 1.27. The number of nitrogens with zero attached hydrogens (tertiary/aromatic N) is 2. The van der Waals surface area contributed by atoms with Crippen LogP contribution in [0.25, 0.3) is 0 Å². The highest BCUT2D eigenvalue weighted by Crippen LogP contribution is 2.00. The molecule has 0 unspecified atom stereocenters. The van der Waals surface area contributed by atoms with Crippen LogP contribution in [0.5, 0.6) is 0 Å². The Bertz CT molecular complexity index is 394. The van der Waals surface area contributed by atoms with E-state index in [1.807, 2.05) is 12.1 Å². The Labute approximate surface area is 87.5 Å². The highest BCUT2D eigenvalue weighted by Gasteiger charge is 2.01. The molecule has 15 heavy (non-hydrogen) atoms. The molecule has 5 nitrogen and oxygen atoms in total. The summed E-state index contributed by atoms with van der Waals surface area (Å²) in [4.78, 5) is 0. The number of aryl methyl sites for hydroxylation is 1. The molecule has 80 valence electrons. The summed E-state index contributed by atoms with van der Waals surface area (Å²) in [5, 5.41) is 10.8. The molecule has 0 atom stereocenters. The zero-order chi connectivity index (χ0) is 10.5. The van der Waals surface area contributed by atoms with Gasteiger partial charge in [-0.15, -0.1) is 10.2 Å². The van der Waals surface area contributed by atoms with Crippen molar-refractivity contribution in [1.82, 2.24) is 15.5 Å². The van der Waals surface area contributed by atoms with Crippen LogP contribution >= 0.6 is 0 Å². The molecule has 0 aromatic carbocycles. The zero-order valence-corrected chi connectivity index (χ0v) is 8.56. The van der Waals surface area contributed by atoms with E-state index in [-0.39, 0.29) is 0 Å². The minimum atomic E-state index is 0.595. The SMILES string of the molecule is Cc1nnc(CNCCc2ccco2)o1. The molecular weight excluding hydrogens is 194 g/mol. The van der Waals surface area contributed by atoms with Crippen molar-refractivity contribution in [2.75, 3.05) is 6.54 Å². The molecule has 0 aliphatic carbocycles. The summed E-state index contributed by atoms with van der Waals surface area (Å²) in [6.07, 6.45) is 2.54. The van der Waals surface area contributed by atoms with Gasteiger partial charge in [0.1, 0.15) is 5.76 Å². The summed E-state index contributed by atoms with van der Waals surface area (Å²) >= 11 is 0. The van der Waals surface area contributed by atoms with Crippen molar-refractivity contribution in [3.8, 4) is 0 Å². The van der Waals surface area contributed by atoms with Crippen molar-refractivity contribution in [3.63, 3.8) is 0 Å². The van der Waals surface area contributed by atoms with Crippen LogP contribution in [0.1, 0.15) is 17.5 Å². The van der Waals surface area contributed by atoms with Crippen LogP contribution in [0, 0.1) is 6.92 Å². The fraction of sp³-hybridized carbons (Fsp3) is 0.400. The van der Waals surface area contributed by atoms with E-state index < -0.39 is 0 Å². The Morgan fingerprint density at radius 3 is 3.00 bits per heavy atom. The maximum Gasteiger partial charge on any atom is 0.230 e. The maximum atomic E-state index is 5.21. The van der Waals surface area contributed by atoms with E-state index in [0.717, 1.165) is 18.7 Å². The van der Waals surface area contributed by atoms with Gasteiger partial charge in [-0.25, -0.2) is 0 Å². The fourth-order valence-corrected chi connectivity index (χ4v) is 1.27. The summed E-state index contributed by atoms with van der Waals surface area (Å²) in [5.41, 5.74) is 0. The summed E-state index contributed by atoms with van der Waals surface area (Å²) in [6.45, 7) is 3.20. The molecule has 0 radical (unpaired) electrons. The summed E-state index contributed by atoms with van der Waals surface area (Å²) < 4.78 is 10.4. The largest absolute Gasteiger partial charge is 0.469 e. The average molecular weight is 207 g/mol. The van der Waals surface area contributed by atoms with E-state index in [9.17, 15) is 0 Å². The van der Waals surface area contributed by atoms with Gasteiger partial charge >= 0.3 is 0 Å². The number of aromatic nitrogens is 2. The van der Waals surface area contributed by atoms with Gasteiger partial charge in [-0.1, -0.05) is 0 Å². The minimum absolute atomic E-state index is 0.595. The molecule has 1 N–H and O–H groups in total. The predicted molar refractivity (Wildman–Crippen MR) is 53.2 cm³/mol. The molecule has 0 amide bonds. The smallest absolute Gasteiger partial charge is 0.230 e. The van der Waals surface area contributed by atoms with Gasteiger partial charge in [0.05, 0.1) is 12.8 Å². The Morgan fingerprint density at radius 1 is 1.40 bits per heavy atom. The number of nitrogens with one attached hydrogen (secondary N) is 1. The number of rotatable bonds is 5. The Hall–Kier alpha value is -1.62. The van der Waals surface area contributed by atoms with Crippen molar-refractivity contribution in [3.05, 3.63) is 35.9 Å². The van der Waals surface area contributed by atoms with Gasteiger partial charge in [0.25, 0.3) is 0 Å². The van der Waals surface area contributed by atoms with Gasteiger partial charge in [-0.05, 0) is 12.1 Å². The molecule has 0 aliphatic rings. The molecule has 0 saturated carbocycles. The van der Waals surface area contributed by atoms with Crippen LogP contribution in [0.2, 0.25) is 0 Å². The van der Waals surface area contributed by atoms with E-state index in [0.29, 0.717) is 18.3 Å².